The molecule has 3 N–H and O–H groups in total. The van der Waals surface area contributed by atoms with Crippen LogP contribution in [0.25, 0.3) is 0 Å². The quantitative estimate of drug-likeness (QED) is 0.619. The average Bonchev–Trinajstić information content (AvgIpc) is 2.24. The van der Waals surface area contributed by atoms with Gasteiger partial charge in [0.1, 0.15) is 6.61 Å². The molecule has 1 unspecified atom stereocenters. The minimum absolute atomic E-state index is 0.126. The lowest BCUT2D eigenvalue weighted by atomic mass is 10.1. The van der Waals surface area contributed by atoms with Crippen LogP contribution in [0.15, 0.2) is 24.3 Å². The van der Waals surface area contributed by atoms with Crippen molar-refractivity contribution in [2.24, 2.45) is 5.84 Å². The van der Waals surface area contributed by atoms with Gasteiger partial charge in [-0.2, -0.15) is 13.2 Å². The van der Waals surface area contributed by atoms with Crippen LogP contribution < -0.4 is 11.3 Å². The van der Waals surface area contributed by atoms with Crippen molar-refractivity contribution >= 4 is 0 Å². The Morgan fingerprint density at radius 1 is 1.29 bits per heavy atom. The molecule has 0 aliphatic carbocycles. The van der Waals surface area contributed by atoms with Crippen molar-refractivity contribution in [3.05, 3.63) is 35.4 Å². The molecular weight excluding hydrogens is 233 g/mol. The lowest BCUT2D eigenvalue weighted by Gasteiger charge is -2.17. The molecule has 1 atom stereocenters. The number of benzene rings is 1. The Balaban J connectivity index is 2.51. The number of ether oxygens (including phenoxy) is 1. The second-order valence-electron chi connectivity index (χ2n) is 3.76. The maximum absolute atomic E-state index is 11.9. The van der Waals surface area contributed by atoms with Crippen LogP contribution in [0.1, 0.15) is 17.2 Å². The van der Waals surface area contributed by atoms with Crippen molar-refractivity contribution in [1.82, 2.24) is 5.43 Å². The van der Waals surface area contributed by atoms with Crippen molar-refractivity contribution in [3.63, 3.8) is 0 Å². The van der Waals surface area contributed by atoms with Gasteiger partial charge in [0, 0.05) is 0 Å². The topological polar surface area (TPSA) is 47.3 Å². The van der Waals surface area contributed by atoms with Crippen LogP contribution in [-0.2, 0) is 4.74 Å². The first-order chi connectivity index (χ1) is 7.92. The van der Waals surface area contributed by atoms with Gasteiger partial charge in [-0.3, -0.25) is 11.3 Å². The molecule has 0 aliphatic heterocycles. The van der Waals surface area contributed by atoms with Crippen molar-refractivity contribution in [2.45, 2.75) is 19.1 Å². The molecule has 0 saturated heterocycles. The summed E-state index contributed by atoms with van der Waals surface area (Å²) in [6.45, 7) is 0.533. The zero-order chi connectivity index (χ0) is 12.9. The Labute approximate surface area is 97.7 Å². The first kappa shape index (κ1) is 14.0. The lowest BCUT2D eigenvalue weighted by Crippen LogP contribution is -2.32. The maximum Gasteiger partial charge on any atom is 0.411 e. The fourth-order valence-corrected chi connectivity index (χ4v) is 1.33. The number of hydrogen-bond donors (Lipinski definition) is 2. The number of halogens is 3. The molecule has 0 bridgehead atoms. The second-order valence-corrected chi connectivity index (χ2v) is 3.76. The third-order valence-electron chi connectivity index (χ3n) is 2.23. The van der Waals surface area contributed by atoms with E-state index >= 15 is 0 Å². The molecule has 3 nitrogen and oxygen atoms in total. The van der Waals surface area contributed by atoms with Gasteiger partial charge in [-0.05, 0) is 12.5 Å². The number of rotatable bonds is 5. The van der Waals surface area contributed by atoms with Crippen molar-refractivity contribution < 1.29 is 17.9 Å². The van der Waals surface area contributed by atoms with E-state index in [1.807, 2.05) is 19.1 Å². The van der Waals surface area contributed by atoms with E-state index in [9.17, 15) is 13.2 Å². The summed E-state index contributed by atoms with van der Waals surface area (Å²) in [4.78, 5) is 0. The third kappa shape index (κ3) is 5.16. The molecule has 0 spiro atoms. The highest BCUT2D eigenvalue weighted by Crippen LogP contribution is 2.17. The first-order valence-electron chi connectivity index (χ1n) is 5.09. The molecule has 0 aliphatic rings. The van der Waals surface area contributed by atoms with Crippen molar-refractivity contribution in [3.8, 4) is 0 Å². The van der Waals surface area contributed by atoms with E-state index in [-0.39, 0.29) is 6.61 Å². The summed E-state index contributed by atoms with van der Waals surface area (Å²) in [6, 6.07) is 6.89. The molecule has 1 aromatic carbocycles. The molecule has 17 heavy (non-hydrogen) atoms. The van der Waals surface area contributed by atoms with Crippen LogP contribution in [0.4, 0.5) is 13.2 Å². The van der Waals surface area contributed by atoms with E-state index in [0.29, 0.717) is 0 Å². The van der Waals surface area contributed by atoms with Gasteiger partial charge in [0.15, 0.2) is 0 Å². The molecule has 0 fully saturated rings. The van der Waals surface area contributed by atoms with Gasteiger partial charge >= 0.3 is 6.18 Å². The van der Waals surface area contributed by atoms with Gasteiger partial charge in [-0.1, -0.05) is 29.8 Å². The van der Waals surface area contributed by atoms with Crippen LogP contribution in [0.2, 0.25) is 0 Å². The summed E-state index contributed by atoms with van der Waals surface area (Å²) >= 11 is 0. The molecule has 1 rings (SSSR count). The molecular formula is C11H15F3N2O. The zero-order valence-corrected chi connectivity index (χ0v) is 9.42. The number of nitrogens with two attached hydrogens (primary N) is 1. The highest BCUT2D eigenvalue weighted by molar-refractivity contribution is 5.24. The summed E-state index contributed by atoms with van der Waals surface area (Å²) in [6.07, 6.45) is -4.31. The Bertz CT molecular complexity index is 338. The van der Waals surface area contributed by atoms with E-state index in [1.165, 1.54) is 0 Å². The van der Waals surface area contributed by atoms with E-state index in [4.69, 9.17) is 5.84 Å². The summed E-state index contributed by atoms with van der Waals surface area (Å²) in [5, 5.41) is 0. The summed E-state index contributed by atoms with van der Waals surface area (Å²) in [5.74, 6) is 5.28. The Morgan fingerprint density at radius 2 is 1.88 bits per heavy atom. The van der Waals surface area contributed by atoms with Crippen LogP contribution in [0, 0.1) is 6.92 Å². The molecule has 0 amide bonds. The SMILES string of the molecule is Cc1ccc(C(COCC(F)(F)F)NN)cc1. The summed E-state index contributed by atoms with van der Waals surface area (Å²) < 4.78 is 40.2. The van der Waals surface area contributed by atoms with E-state index in [2.05, 4.69) is 10.2 Å². The summed E-state index contributed by atoms with van der Waals surface area (Å²) in [7, 11) is 0. The molecule has 0 heterocycles. The summed E-state index contributed by atoms with van der Waals surface area (Å²) in [5.41, 5.74) is 4.29. The highest BCUT2D eigenvalue weighted by Gasteiger charge is 2.27. The van der Waals surface area contributed by atoms with Crippen molar-refractivity contribution in [2.75, 3.05) is 13.2 Å². The minimum Gasteiger partial charge on any atom is -0.370 e. The molecule has 1 aromatic rings. The monoisotopic (exact) mass is 248 g/mol. The van der Waals surface area contributed by atoms with E-state index in [0.717, 1.165) is 11.1 Å². The molecule has 0 aromatic heterocycles. The zero-order valence-electron chi connectivity index (χ0n) is 9.42. The molecule has 0 radical (unpaired) electrons. The molecule has 6 heteroatoms. The fourth-order valence-electron chi connectivity index (χ4n) is 1.33. The number of hydrogen-bond acceptors (Lipinski definition) is 3. The minimum atomic E-state index is -4.31. The maximum atomic E-state index is 11.9. The number of nitrogens with one attached hydrogen (secondary N) is 1. The standard InChI is InChI=1S/C11H15F3N2O/c1-8-2-4-9(5-3-8)10(16-15)6-17-7-11(12,13)14/h2-5,10,16H,6-7,15H2,1H3. The van der Waals surface area contributed by atoms with Crippen molar-refractivity contribution in [1.29, 1.82) is 0 Å². The van der Waals surface area contributed by atoms with Gasteiger partial charge in [-0.25, -0.2) is 0 Å². The van der Waals surface area contributed by atoms with Crippen LogP contribution >= 0.6 is 0 Å². The Kier molecular flexibility index (Phi) is 4.92. The first-order valence-corrected chi connectivity index (χ1v) is 5.09. The van der Waals surface area contributed by atoms with Gasteiger partial charge in [0.25, 0.3) is 0 Å². The second kappa shape index (κ2) is 6.00. The Morgan fingerprint density at radius 3 is 2.35 bits per heavy atom. The molecule has 0 saturated carbocycles. The number of alkyl halides is 3. The van der Waals surface area contributed by atoms with Gasteiger partial charge in [0.05, 0.1) is 12.6 Å². The van der Waals surface area contributed by atoms with Crippen LogP contribution in [0.3, 0.4) is 0 Å². The lowest BCUT2D eigenvalue weighted by molar-refractivity contribution is -0.175. The highest BCUT2D eigenvalue weighted by atomic mass is 19.4. The smallest absolute Gasteiger partial charge is 0.370 e. The third-order valence-corrected chi connectivity index (χ3v) is 2.23. The van der Waals surface area contributed by atoms with Gasteiger partial charge < -0.3 is 4.74 Å². The van der Waals surface area contributed by atoms with Gasteiger partial charge in [0.2, 0.25) is 0 Å². The Hall–Kier alpha value is -1.11. The van der Waals surface area contributed by atoms with Gasteiger partial charge in [-0.15, -0.1) is 0 Å². The predicted octanol–water partition coefficient (Wildman–Crippen LogP) is 2.08. The number of aryl methyl sites for hydroxylation is 1. The average molecular weight is 248 g/mol. The van der Waals surface area contributed by atoms with Crippen LogP contribution in [-0.4, -0.2) is 19.4 Å². The van der Waals surface area contributed by atoms with E-state index < -0.39 is 18.8 Å². The number of hydrazine groups is 1. The fraction of sp³-hybridized carbons (Fsp3) is 0.455. The normalized spacial score (nSPS) is 13.7. The van der Waals surface area contributed by atoms with Crippen LogP contribution in [0.5, 0.6) is 0 Å². The predicted molar refractivity (Wildman–Crippen MR) is 58.1 cm³/mol. The largest absolute Gasteiger partial charge is 0.411 e. The van der Waals surface area contributed by atoms with E-state index in [1.54, 1.807) is 12.1 Å². The molecule has 96 valence electrons.